The maximum atomic E-state index is 12.5. The highest BCUT2D eigenvalue weighted by atomic mass is 19.3. The van der Waals surface area contributed by atoms with Crippen molar-refractivity contribution in [2.24, 2.45) is 5.22 Å². The van der Waals surface area contributed by atoms with Crippen molar-refractivity contribution in [3.05, 3.63) is 42.1 Å². The summed E-state index contributed by atoms with van der Waals surface area (Å²) in [4.78, 5) is 4.27. The first kappa shape index (κ1) is 19.2. The number of rotatable bonds is 8. The maximum absolute atomic E-state index is 12.5. The van der Waals surface area contributed by atoms with Crippen molar-refractivity contribution < 1.29 is 18.3 Å². The zero-order chi connectivity index (χ0) is 19.1. The van der Waals surface area contributed by atoms with Crippen LogP contribution in [0.2, 0.25) is 0 Å². The Bertz CT molecular complexity index is 785. The van der Waals surface area contributed by atoms with Crippen LogP contribution >= 0.6 is 0 Å². The quantitative estimate of drug-likeness (QED) is 0.313. The predicted molar refractivity (Wildman–Crippen MR) is 91.6 cm³/mol. The summed E-state index contributed by atoms with van der Waals surface area (Å²) in [5.74, 6) is 0.498. The van der Waals surface area contributed by atoms with E-state index in [2.05, 4.69) is 14.9 Å². The molecule has 0 aliphatic rings. The minimum Gasteiger partial charge on any atom is -0.478 e. The van der Waals surface area contributed by atoms with Gasteiger partial charge in [0.15, 0.2) is 0 Å². The lowest BCUT2D eigenvalue weighted by atomic mass is 10.0. The van der Waals surface area contributed by atoms with E-state index in [-0.39, 0.29) is 18.1 Å². The smallest absolute Gasteiger partial charge is 0.387 e. The van der Waals surface area contributed by atoms with Crippen molar-refractivity contribution in [2.45, 2.75) is 27.0 Å². The summed E-state index contributed by atoms with van der Waals surface area (Å²) in [6.07, 6.45) is 1.56. The minimum absolute atomic E-state index is 0.0310. The fourth-order valence-electron chi connectivity index (χ4n) is 2.28. The van der Waals surface area contributed by atoms with Gasteiger partial charge in [0.1, 0.15) is 11.6 Å². The topological polar surface area (TPSA) is 94.7 Å². The molecule has 0 radical (unpaired) electrons. The maximum Gasteiger partial charge on any atom is 0.387 e. The van der Waals surface area contributed by atoms with E-state index in [1.165, 1.54) is 24.1 Å². The van der Waals surface area contributed by atoms with Crippen LogP contribution in [0.5, 0.6) is 11.6 Å². The van der Waals surface area contributed by atoms with E-state index in [1.54, 1.807) is 24.4 Å². The first-order chi connectivity index (χ1) is 12.4. The number of alkyl halides is 2. The summed E-state index contributed by atoms with van der Waals surface area (Å²) in [5, 5.41) is 12.1. The first-order valence-electron chi connectivity index (χ1n) is 7.81. The fraction of sp³-hybridized carbons (Fsp3) is 0.294. The SMILES string of the molecule is CCOc1ncc(CN(N=N)C(C)=N)cc1-c1cccc(OC(F)F)c1. The van der Waals surface area contributed by atoms with Gasteiger partial charge in [0.2, 0.25) is 5.88 Å². The summed E-state index contributed by atoms with van der Waals surface area (Å²) >= 11 is 0. The second kappa shape index (κ2) is 8.84. The summed E-state index contributed by atoms with van der Waals surface area (Å²) in [6.45, 7) is 0.989. The van der Waals surface area contributed by atoms with Gasteiger partial charge < -0.3 is 9.47 Å². The number of hydrogen-bond acceptors (Lipinski definition) is 6. The first-order valence-corrected chi connectivity index (χ1v) is 7.81. The number of nitrogens with zero attached hydrogens (tertiary/aromatic N) is 3. The van der Waals surface area contributed by atoms with Gasteiger partial charge in [-0.2, -0.15) is 14.3 Å². The van der Waals surface area contributed by atoms with Crippen LogP contribution in [0.25, 0.3) is 11.1 Å². The molecule has 2 aromatic rings. The third-order valence-corrected chi connectivity index (χ3v) is 3.40. The van der Waals surface area contributed by atoms with Crippen LogP contribution in [0.1, 0.15) is 19.4 Å². The van der Waals surface area contributed by atoms with Crippen LogP contribution < -0.4 is 9.47 Å². The van der Waals surface area contributed by atoms with E-state index in [4.69, 9.17) is 15.7 Å². The summed E-state index contributed by atoms with van der Waals surface area (Å²) in [7, 11) is 0. The third-order valence-electron chi connectivity index (χ3n) is 3.40. The molecule has 0 saturated carbocycles. The fourth-order valence-corrected chi connectivity index (χ4v) is 2.28. The van der Waals surface area contributed by atoms with Gasteiger partial charge in [-0.3, -0.25) is 5.41 Å². The monoisotopic (exact) mass is 363 g/mol. The molecule has 2 N–H and O–H groups in total. The lowest BCUT2D eigenvalue weighted by Gasteiger charge is -2.17. The predicted octanol–water partition coefficient (Wildman–Crippen LogP) is 4.49. The lowest BCUT2D eigenvalue weighted by Crippen LogP contribution is -2.21. The number of ether oxygens (including phenoxy) is 2. The molecule has 0 aliphatic carbocycles. The highest BCUT2D eigenvalue weighted by Gasteiger charge is 2.14. The largest absolute Gasteiger partial charge is 0.478 e. The normalized spacial score (nSPS) is 10.5. The van der Waals surface area contributed by atoms with E-state index >= 15 is 0 Å². The zero-order valence-corrected chi connectivity index (χ0v) is 14.4. The molecule has 1 aromatic heterocycles. The van der Waals surface area contributed by atoms with Gasteiger partial charge in [0.25, 0.3) is 0 Å². The van der Waals surface area contributed by atoms with Gasteiger partial charge in [-0.15, -0.1) is 0 Å². The molecule has 9 heteroatoms. The molecule has 2 rings (SSSR count). The van der Waals surface area contributed by atoms with Crippen LogP contribution in [-0.2, 0) is 6.54 Å². The van der Waals surface area contributed by atoms with Gasteiger partial charge in [-0.05, 0) is 43.2 Å². The van der Waals surface area contributed by atoms with Crippen LogP contribution in [0.3, 0.4) is 0 Å². The van der Waals surface area contributed by atoms with Gasteiger partial charge in [-0.1, -0.05) is 17.4 Å². The molecular weight excluding hydrogens is 344 g/mol. The van der Waals surface area contributed by atoms with E-state index in [0.717, 1.165) is 0 Å². The van der Waals surface area contributed by atoms with E-state index in [9.17, 15) is 8.78 Å². The molecule has 0 atom stereocenters. The molecule has 0 aliphatic heterocycles. The molecule has 7 nitrogen and oxygen atoms in total. The lowest BCUT2D eigenvalue weighted by molar-refractivity contribution is -0.0498. The van der Waals surface area contributed by atoms with Gasteiger partial charge in [0.05, 0.1) is 13.2 Å². The molecule has 1 heterocycles. The average Bonchev–Trinajstić information content (AvgIpc) is 2.60. The number of pyridine rings is 1. The summed E-state index contributed by atoms with van der Waals surface area (Å²) in [5.41, 5.74) is 9.02. The number of halogens is 2. The highest BCUT2D eigenvalue weighted by Crippen LogP contribution is 2.32. The van der Waals surface area contributed by atoms with Gasteiger partial charge in [0, 0.05) is 11.8 Å². The van der Waals surface area contributed by atoms with Crippen molar-refractivity contribution in [3.63, 3.8) is 0 Å². The molecule has 0 fully saturated rings. The second-order valence-electron chi connectivity index (χ2n) is 5.28. The Morgan fingerprint density at radius 2 is 2.12 bits per heavy atom. The molecule has 0 amide bonds. The number of amidine groups is 1. The second-order valence-corrected chi connectivity index (χ2v) is 5.28. The van der Waals surface area contributed by atoms with Crippen molar-refractivity contribution in [2.75, 3.05) is 6.61 Å². The third kappa shape index (κ3) is 4.95. The van der Waals surface area contributed by atoms with Gasteiger partial charge in [-0.25, -0.2) is 9.99 Å². The Hall–Kier alpha value is -3.10. The summed E-state index contributed by atoms with van der Waals surface area (Å²) < 4.78 is 34.9. The van der Waals surface area contributed by atoms with Crippen LogP contribution in [0.4, 0.5) is 8.78 Å². The van der Waals surface area contributed by atoms with E-state index in [1.807, 2.05) is 6.92 Å². The molecule has 0 spiro atoms. The van der Waals surface area contributed by atoms with Crippen molar-refractivity contribution in [3.8, 4) is 22.8 Å². The standard InChI is InChI=1S/C17H19F2N5O2/c1-3-25-16-15(13-5-4-6-14(8-13)26-17(18)19)7-12(9-22-16)10-24(23-21)11(2)20/h4-9,17,20-21H,3,10H2,1-2H3. The van der Waals surface area contributed by atoms with Crippen molar-refractivity contribution in [1.29, 1.82) is 10.9 Å². The minimum atomic E-state index is -2.91. The Kier molecular flexibility index (Phi) is 6.54. The zero-order valence-electron chi connectivity index (χ0n) is 14.4. The van der Waals surface area contributed by atoms with Crippen molar-refractivity contribution >= 4 is 5.84 Å². The van der Waals surface area contributed by atoms with Crippen LogP contribution in [0, 0.1) is 10.9 Å². The molecule has 0 unspecified atom stereocenters. The number of benzene rings is 1. The number of aromatic nitrogens is 1. The Morgan fingerprint density at radius 3 is 2.73 bits per heavy atom. The molecule has 1 aromatic carbocycles. The molecule has 26 heavy (non-hydrogen) atoms. The molecule has 0 bridgehead atoms. The summed E-state index contributed by atoms with van der Waals surface area (Å²) in [6, 6.07) is 8.01. The van der Waals surface area contributed by atoms with Gasteiger partial charge >= 0.3 is 6.61 Å². The van der Waals surface area contributed by atoms with E-state index in [0.29, 0.717) is 29.2 Å². The van der Waals surface area contributed by atoms with Crippen molar-refractivity contribution in [1.82, 2.24) is 9.99 Å². The van der Waals surface area contributed by atoms with E-state index < -0.39 is 6.61 Å². The molecular formula is C17H19F2N5O2. The average molecular weight is 363 g/mol. The molecule has 0 saturated heterocycles. The Morgan fingerprint density at radius 1 is 1.35 bits per heavy atom. The molecule has 138 valence electrons. The highest BCUT2D eigenvalue weighted by molar-refractivity contribution is 5.76. The Balaban J connectivity index is 2.42. The van der Waals surface area contributed by atoms with Crippen LogP contribution in [0.15, 0.2) is 41.8 Å². The van der Waals surface area contributed by atoms with Crippen LogP contribution in [-0.4, -0.2) is 29.0 Å². The Labute approximate surface area is 149 Å². The number of hydrogen-bond donors (Lipinski definition) is 2. The number of nitrogens with one attached hydrogen (secondary N) is 2.